The SMILES string of the molecule is Nc1ccc(CCCN2CCCCCCC2=O)cc1. The lowest BCUT2D eigenvalue weighted by molar-refractivity contribution is -0.131. The van der Waals surface area contributed by atoms with Crippen molar-refractivity contribution in [3.63, 3.8) is 0 Å². The van der Waals surface area contributed by atoms with Crippen molar-refractivity contribution in [2.45, 2.75) is 44.9 Å². The van der Waals surface area contributed by atoms with E-state index in [1.807, 2.05) is 12.1 Å². The molecule has 2 N–H and O–H groups in total. The summed E-state index contributed by atoms with van der Waals surface area (Å²) in [6, 6.07) is 8.03. The first-order valence-corrected chi connectivity index (χ1v) is 7.38. The highest BCUT2D eigenvalue weighted by atomic mass is 16.2. The lowest BCUT2D eigenvalue weighted by Crippen LogP contribution is -2.33. The number of nitrogens with zero attached hydrogens (tertiary/aromatic N) is 1. The molecule has 3 heteroatoms. The van der Waals surface area contributed by atoms with Crippen LogP contribution in [0, 0.1) is 0 Å². The molecule has 0 aromatic heterocycles. The van der Waals surface area contributed by atoms with Gasteiger partial charge in [0.05, 0.1) is 0 Å². The maximum Gasteiger partial charge on any atom is 0.222 e. The lowest BCUT2D eigenvalue weighted by Gasteiger charge is -2.24. The molecule has 1 aromatic carbocycles. The monoisotopic (exact) mass is 260 g/mol. The van der Waals surface area contributed by atoms with Gasteiger partial charge in [-0.25, -0.2) is 0 Å². The van der Waals surface area contributed by atoms with Crippen LogP contribution >= 0.6 is 0 Å². The third-order valence-corrected chi connectivity index (χ3v) is 3.79. The molecule has 0 radical (unpaired) electrons. The van der Waals surface area contributed by atoms with E-state index in [0.717, 1.165) is 50.9 Å². The van der Waals surface area contributed by atoms with Crippen LogP contribution in [0.15, 0.2) is 24.3 Å². The molecule has 0 bridgehead atoms. The molecule has 1 fully saturated rings. The average molecular weight is 260 g/mol. The third kappa shape index (κ3) is 4.58. The number of carbonyl (C=O) groups excluding carboxylic acids is 1. The number of hydrogen-bond acceptors (Lipinski definition) is 2. The summed E-state index contributed by atoms with van der Waals surface area (Å²) in [6.07, 6.45) is 7.50. The normalized spacial score (nSPS) is 17.1. The van der Waals surface area contributed by atoms with Crippen molar-refractivity contribution in [3.05, 3.63) is 29.8 Å². The van der Waals surface area contributed by atoms with Crippen molar-refractivity contribution in [3.8, 4) is 0 Å². The van der Waals surface area contributed by atoms with Crippen molar-refractivity contribution in [1.29, 1.82) is 0 Å². The van der Waals surface area contributed by atoms with E-state index < -0.39 is 0 Å². The number of anilines is 1. The summed E-state index contributed by atoms with van der Waals surface area (Å²) in [4.78, 5) is 14.0. The van der Waals surface area contributed by atoms with Crippen molar-refractivity contribution in [1.82, 2.24) is 4.90 Å². The number of hydrogen-bond donors (Lipinski definition) is 1. The highest BCUT2D eigenvalue weighted by molar-refractivity contribution is 5.76. The molecule has 1 heterocycles. The Balaban J connectivity index is 1.77. The molecule has 0 spiro atoms. The highest BCUT2D eigenvalue weighted by Crippen LogP contribution is 2.13. The molecule has 0 atom stereocenters. The molecule has 1 aromatic rings. The van der Waals surface area contributed by atoms with E-state index in [2.05, 4.69) is 17.0 Å². The second kappa shape index (κ2) is 7.17. The number of rotatable bonds is 4. The Morgan fingerprint density at radius 1 is 1.05 bits per heavy atom. The molecule has 3 nitrogen and oxygen atoms in total. The molecule has 1 aliphatic rings. The molecule has 0 unspecified atom stereocenters. The van der Waals surface area contributed by atoms with Crippen LogP contribution in [0.25, 0.3) is 0 Å². The van der Waals surface area contributed by atoms with Gasteiger partial charge < -0.3 is 10.6 Å². The fraction of sp³-hybridized carbons (Fsp3) is 0.562. The fourth-order valence-corrected chi connectivity index (χ4v) is 2.61. The second-order valence-electron chi connectivity index (χ2n) is 5.39. The third-order valence-electron chi connectivity index (χ3n) is 3.79. The Morgan fingerprint density at radius 3 is 2.58 bits per heavy atom. The van der Waals surface area contributed by atoms with Crippen LogP contribution in [0.3, 0.4) is 0 Å². The van der Waals surface area contributed by atoms with Gasteiger partial charge >= 0.3 is 0 Å². The Hall–Kier alpha value is -1.51. The van der Waals surface area contributed by atoms with Gasteiger partial charge in [0.1, 0.15) is 0 Å². The van der Waals surface area contributed by atoms with Crippen LogP contribution in [0.1, 0.15) is 44.1 Å². The Kier molecular flexibility index (Phi) is 5.25. The molecule has 0 saturated carbocycles. The summed E-state index contributed by atoms with van der Waals surface area (Å²) in [5.41, 5.74) is 7.78. The summed E-state index contributed by atoms with van der Waals surface area (Å²) < 4.78 is 0. The zero-order chi connectivity index (χ0) is 13.5. The van der Waals surface area contributed by atoms with Crippen molar-refractivity contribution in [2.75, 3.05) is 18.8 Å². The Morgan fingerprint density at radius 2 is 1.79 bits per heavy atom. The average Bonchev–Trinajstić information content (AvgIpc) is 2.40. The minimum Gasteiger partial charge on any atom is -0.399 e. The number of aryl methyl sites for hydroxylation is 1. The van der Waals surface area contributed by atoms with E-state index in [4.69, 9.17) is 5.73 Å². The molecule has 1 saturated heterocycles. The van der Waals surface area contributed by atoms with Gasteiger partial charge in [-0.15, -0.1) is 0 Å². The minimum absolute atomic E-state index is 0.344. The summed E-state index contributed by atoms with van der Waals surface area (Å²) in [5, 5.41) is 0. The molecule has 1 amide bonds. The topological polar surface area (TPSA) is 46.3 Å². The number of likely N-dealkylation sites (tertiary alicyclic amines) is 1. The molecular formula is C16H24N2O. The van der Waals surface area contributed by atoms with Crippen molar-refractivity contribution >= 4 is 11.6 Å². The summed E-state index contributed by atoms with van der Waals surface area (Å²) >= 11 is 0. The van der Waals surface area contributed by atoms with Gasteiger partial charge in [0, 0.05) is 25.2 Å². The standard InChI is InChI=1S/C16H24N2O/c17-15-10-8-14(9-11-15)6-5-13-18-12-4-2-1-3-7-16(18)19/h8-11H,1-7,12-13,17H2. The van der Waals surface area contributed by atoms with E-state index in [-0.39, 0.29) is 0 Å². The molecule has 1 aliphatic heterocycles. The van der Waals surface area contributed by atoms with Gasteiger partial charge in [-0.1, -0.05) is 25.0 Å². The van der Waals surface area contributed by atoms with Crippen LogP contribution in [-0.2, 0) is 11.2 Å². The molecule has 0 aliphatic carbocycles. The van der Waals surface area contributed by atoms with Crippen molar-refractivity contribution < 1.29 is 4.79 Å². The van der Waals surface area contributed by atoms with Gasteiger partial charge in [0.15, 0.2) is 0 Å². The summed E-state index contributed by atoms with van der Waals surface area (Å²) in [7, 11) is 0. The fourth-order valence-electron chi connectivity index (χ4n) is 2.61. The van der Waals surface area contributed by atoms with Crippen LogP contribution in [0.2, 0.25) is 0 Å². The number of carbonyl (C=O) groups is 1. The van der Waals surface area contributed by atoms with Crippen molar-refractivity contribution in [2.24, 2.45) is 0 Å². The zero-order valence-electron chi connectivity index (χ0n) is 11.6. The van der Waals surface area contributed by atoms with Gasteiger partial charge in [0.25, 0.3) is 0 Å². The van der Waals surface area contributed by atoms with Gasteiger partial charge in [-0.3, -0.25) is 4.79 Å². The van der Waals surface area contributed by atoms with E-state index >= 15 is 0 Å². The number of benzene rings is 1. The first-order valence-electron chi connectivity index (χ1n) is 7.38. The predicted octanol–water partition coefficient (Wildman–Crippen LogP) is 2.99. The number of amides is 1. The maximum atomic E-state index is 12.0. The van der Waals surface area contributed by atoms with E-state index in [9.17, 15) is 4.79 Å². The minimum atomic E-state index is 0.344. The Bertz CT molecular complexity index is 400. The van der Waals surface area contributed by atoms with Crippen LogP contribution in [-0.4, -0.2) is 23.9 Å². The van der Waals surface area contributed by atoms with Gasteiger partial charge in [0.2, 0.25) is 5.91 Å². The highest BCUT2D eigenvalue weighted by Gasteiger charge is 2.14. The lowest BCUT2D eigenvalue weighted by atomic mass is 10.1. The van der Waals surface area contributed by atoms with Crippen LogP contribution < -0.4 is 5.73 Å². The largest absolute Gasteiger partial charge is 0.399 e. The van der Waals surface area contributed by atoms with E-state index in [1.54, 1.807) is 0 Å². The summed E-state index contributed by atoms with van der Waals surface area (Å²) in [6.45, 7) is 1.84. The second-order valence-corrected chi connectivity index (χ2v) is 5.39. The predicted molar refractivity (Wildman–Crippen MR) is 78.8 cm³/mol. The molecule has 104 valence electrons. The molecule has 19 heavy (non-hydrogen) atoms. The molecular weight excluding hydrogens is 236 g/mol. The van der Waals surface area contributed by atoms with E-state index in [0.29, 0.717) is 5.91 Å². The smallest absolute Gasteiger partial charge is 0.222 e. The first kappa shape index (κ1) is 13.9. The summed E-state index contributed by atoms with van der Waals surface area (Å²) in [5.74, 6) is 0.344. The van der Waals surface area contributed by atoms with Crippen LogP contribution in [0.4, 0.5) is 5.69 Å². The number of nitrogens with two attached hydrogens (primary N) is 1. The van der Waals surface area contributed by atoms with Gasteiger partial charge in [-0.2, -0.15) is 0 Å². The quantitative estimate of drug-likeness (QED) is 0.846. The maximum absolute atomic E-state index is 12.0. The Labute approximate surface area is 115 Å². The first-order chi connectivity index (χ1) is 9.25. The zero-order valence-corrected chi connectivity index (χ0v) is 11.6. The van der Waals surface area contributed by atoms with E-state index in [1.165, 1.54) is 18.4 Å². The molecule has 2 rings (SSSR count). The van der Waals surface area contributed by atoms with Crippen LogP contribution in [0.5, 0.6) is 0 Å². The van der Waals surface area contributed by atoms with Gasteiger partial charge in [-0.05, 0) is 43.4 Å². The number of nitrogen functional groups attached to an aromatic ring is 1.